The minimum atomic E-state index is -1.99. The van der Waals surface area contributed by atoms with Crippen molar-refractivity contribution >= 4 is 11.4 Å². The minimum Gasteiger partial charge on any atom is -0.495 e. The van der Waals surface area contributed by atoms with E-state index in [0.717, 1.165) is 60.1 Å². The van der Waals surface area contributed by atoms with E-state index in [2.05, 4.69) is 31.0 Å². The number of nitrogens with zero attached hydrogens (tertiary/aromatic N) is 8. The van der Waals surface area contributed by atoms with Gasteiger partial charge in [-0.2, -0.15) is 10.2 Å². The maximum absolute atomic E-state index is 14.9. The molecule has 1 aliphatic heterocycles. The summed E-state index contributed by atoms with van der Waals surface area (Å²) >= 11 is 0. The zero-order chi connectivity index (χ0) is 30.8. The number of ether oxygens (including phenoxy) is 1. The number of aromatic nitrogens is 6. The molecule has 5 aromatic rings. The monoisotopic (exact) mass is 602 g/mol. The highest BCUT2D eigenvalue weighted by atomic mass is 19.1. The van der Waals surface area contributed by atoms with E-state index in [9.17, 15) is 18.7 Å². The van der Waals surface area contributed by atoms with Crippen LogP contribution in [0.25, 0.3) is 5.69 Å². The molecule has 1 fully saturated rings. The van der Waals surface area contributed by atoms with Gasteiger partial charge in [-0.3, -0.25) is 0 Å². The van der Waals surface area contributed by atoms with Gasteiger partial charge in [-0.15, -0.1) is 0 Å². The van der Waals surface area contributed by atoms with Crippen molar-refractivity contribution in [2.24, 2.45) is 0 Å². The van der Waals surface area contributed by atoms with Crippen LogP contribution in [0.4, 0.5) is 20.2 Å². The SMILES string of the molecule is COc1ccccc1N1CCN(c2ccc(-n3c(C)nn(CC(O)(Cn4cncn4)c4ccc(F)cc4F)c3=O)cc2)CC1. The van der Waals surface area contributed by atoms with Gasteiger partial charge in [0, 0.05) is 43.5 Å². The molecule has 11 nitrogen and oxygen atoms in total. The second kappa shape index (κ2) is 11.9. The molecule has 1 N–H and O–H groups in total. The number of methoxy groups -OCH3 is 1. The van der Waals surface area contributed by atoms with Crippen LogP contribution in [-0.4, -0.2) is 67.5 Å². The largest absolute Gasteiger partial charge is 0.495 e. The van der Waals surface area contributed by atoms with Gasteiger partial charge in [0.05, 0.1) is 31.6 Å². The average molecular weight is 603 g/mol. The average Bonchev–Trinajstić information content (AvgIpc) is 3.63. The Kier molecular flexibility index (Phi) is 7.87. The van der Waals surface area contributed by atoms with Gasteiger partial charge in [-0.05, 0) is 49.4 Å². The molecule has 0 spiro atoms. The number of para-hydroxylation sites is 2. The molecule has 44 heavy (non-hydrogen) atoms. The first kappa shape index (κ1) is 29.1. The van der Waals surface area contributed by atoms with E-state index in [1.54, 1.807) is 14.0 Å². The van der Waals surface area contributed by atoms with E-state index in [4.69, 9.17) is 4.74 Å². The summed E-state index contributed by atoms with van der Waals surface area (Å²) in [6.07, 6.45) is 2.63. The van der Waals surface area contributed by atoms with Crippen LogP contribution in [0, 0.1) is 18.6 Å². The highest BCUT2D eigenvalue weighted by molar-refractivity contribution is 5.60. The third kappa shape index (κ3) is 5.65. The first-order valence-corrected chi connectivity index (χ1v) is 14.2. The predicted molar refractivity (Wildman–Crippen MR) is 160 cm³/mol. The Hall–Kier alpha value is -5.04. The Labute approximate surface area is 252 Å². The number of anilines is 2. The molecule has 228 valence electrons. The van der Waals surface area contributed by atoms with Crippen LogP contribution in [0.5, 0.6) is 5.75 Å². The topological polar surface area (TPSA) is 106 Å². The summed E-state index contributed by atoms with van der Waals surface area (Å²) in [5.74, 6) is -0.494. The molecule has 3 heterocycles. The van der Waals surface area contributed by atoms with E-state index in [1.807, 2.05) is 42.5 Å². The molecular weight excluding hydrogens is 570 g/mol. The summed E-state index contributed by atoms with van der Waals surface area (Å²) in [4.78, 5) is 22.1. The number of benzene rings is 3. The Morgan fingerprint density at radius 3 is 2.32 bits per heavy atom. The van der Waals surface area contributed by atoms with E-state index in [-0.39, 0.29) is 12.1 Å². The van der Waals surface area contributed by atoms with Gasteiger partial charge >= 0.3 is 5.69 Å². The molecule has 0 saturated carbocycles. The van der Waals surface area contributed by atoms with Crippen molar-refractivity contribution in [2.75, 3.05) is 43.1 Å². The molecule has 0 aliphatic carbocycles. The van der Waals surface area contributed by atoms with Gasteiger partial charge < -0.3 is 19.6 Å². The summed E-state index contributed by atoms with van der Waals surface area (Å²) in [6, 6.07) is 18.5. The summed E-state index contributed by atoms with van der Waals surface area (Å²) in [5, 5.41) is 20.1. The van der Waals surface area contributed by atoms with Crippen molar-refractivity contribution < 1.29 is 18.6 Å². The lowest BCUT2D eigenvalue weighted by Crippen LogP contribution is -2.46. The fourth-order valence-electron chi connectivity index (χ4n) is 5.74. The summed E-state index contributed by atoms with van der Waals surface area (Å²) in [7, 11) is 1.68. The van der Waals surface area contributed by atoms with Crippen LogP contribution in [0.3, 0.4) is 0 Å². The zero-order valence-electron chi connectivity index (χ0n) is 24.3. The molecule has 13 heteroatoms. The molecule has 0 amide bonds. The number of hydrogen-bond acceptors (Lipinski definition) is 8. The van der Waals surface area contributed by atoms with Crippen LogP contribution >= 0.6 is 0 Å². The highest BCUT2D eigenvalue weighted by Crippen LogP contribution is 2.30. The normalized spacial score (nSPS) is 14.9. The van der Waals surface area contributed by atoms with Crippen LogP contribution < -0.4 is 20.2 Å². The number of hydrogen-bond donors (Lipinski definition) is 1. The zero-order valence-corrected chi connectivity index (χ0v) is 24.3. The molecular formula is C31H32F2N8O3. The van der Waals surface area contributed by atoms with E-state index >= 15 is 0 Å². The number of rotatable bonds is 9. The van der Waals surface area contributed by atoms with Crippen molar-refractivity contribution in [3.8, 4) is 11.4 Å². The van der Waals surface area contributed by atoms with Crippen LogP contribution in [-0.2, 0) is 18.7 Å². The Morgan fingerprint density at radius 1 is 0.932 bits per heavy atom. The van der Waals surface area contributed by atoms with E-state index < -0.39 is 29.5 Å². The molecule has 6 rings (SSSR count). The van der Waals surface area contributed by atoms with Crippen LogP contribution in [0.1, 0.15) is 11.4 Å². The molecule has 1 saturated heterocycles. The first-order valence-electron chi connectivity index (χ1n) is 14.2. The van der Waals surface area contributed by atoms with E-state index in [0.29, 0.717) is 17.6 Å². The Morgan fingerprint density at radius 2 is 1.64 bits per heavy atom. The standard InChI is InChI=1S/C31H32F2N8O3/c1-22-36-40(19-31(43,18-39-21-34-20-35-39)26-12-7-23(32)17-27(26)33)30(42)41(22)25-10-8-24(9-11-25)37-13-15-38(16-14-37)28-5-3-4-6-29(28)44-2/h3-12,17,20-21,43H,13-16,18-19H2,1-2H3. The maximum Gasteiger partial charge on any atom is 0.350 e. The molecule has 1 unspecified atom stereocenters. The summed E-state index contributed by atoms with van der Waals surface area (Å²) < 4.78 is 37.9. The van der Waals surface area contributed by atoms with Crippen LogP contribution in [0.2, 0.25) is 0 Å². The lowest BCUT2D eigenvalue weighted by Gasteiger charge is -2.37. The quantitative estimate of drug-likeness (QED) is 0.274. The predicted octanol–water partition coefficient (Wildman–Crippen LogP) is 3.14. The molecule has 0 bridgehead atoms. The third-order valence-corrected chi connectivity index (χ3v) is 7.91. The number of aryl methyl sites for hydroxylation is 1. The van der Waals surface area contributed by atoms with Crippen molar-refractivity contribution in [1.82, 2.24) is 29.1 Å². The Bertz CT molecular complexity index is 1800. The second-order valence-electron chi connectivity index (χ2n) is 10.7. The Balaban J connectivity index is 1.21. The molecule has 0 radical (unpaired) electrons. The van der Waals surface area contributed by atoms with Crippen LogP contribution in [0.15, 0.2) is 84.2 Å². The highest BCUT2D eigenvalue weighted by Gasteiger charge is 2.36. The van der Waals surface area contributed by atoms with Gasteiger partial charge in [0.15, 0.2) is 0 Å². The van der Waals surface area contributed by atoms with Gasteiger partial charge in [0.1, 0.15) is 41.5 Å². The first-order chi connectivity index (χ1) is 21.3. The number of halogens is 2. The second-order valence-corrected chi connectivity index (χ2v) is 10.7. The molecule has 2 aromatic heterocycles. The summed E-state index contributed by atoms with van der Waals surface area (Å²) in [6.45, 7) is 4.33. The lowest BCUT2D eigenvalue weighted by atomic mass is 9.93. The van der Waals surface area contributed by atoms with Crippen molar-refractivity contribution in [2.45, 2.75) is 25.6 Å². The fourth-order valence-corrected chi connectivity index (χ4v) is 5.74. The van der Waals surface area contributed by atoms with Crippen molar-refractivity contribution in [3.63, 3.8) is 0 Å². The van der Waals surface area contributed by atoms with E-state index in [1.165, 1.54) is 21.9 Å². The number of piperazine rings is 1. The molecule has 1 atom stereocenters. The fraction of sp³-hybridized carbons (Fsp3) is 0.290. The minimum absolute atomic E-state index is 0.191. The lowest BCUT2D eigenvalue weighted by molar-refractivity contribution is -0.00952. The summed E-state index contributed by atoms with van der Waals surface area (Å²) in [5.41, 5.74) is 0.0102. The smallest absolute Gasteiger partial charge is 0.350 e. The molecule has 1 aliphatic rings. The third-order valence-electron chi connectivity index (χ3n) is 7.91. The number of aliphatic hydroxyl groups is 1. The van der Waals surface area contributed by atoms with Gasteiger partial charge in [0.25, 0.3) is 0 Å². The van der Waals surface area contributed by atoms with Gasteiger partial charge in [-0.25, -0.2) is 32.5 Å². The molecule has 3 aromatic carbocycles. The van der Waals surface area contributed by atoms with Gasteiger partial charge in [-0.1, -0.05) is 18.2 Å². The van der Waals surface area contributed by atoms with Crippen molar-refractivity contribution in [1.29, 1.82) is 0 Å². The van der Waals surface area contributed by atoms with Crippen molar-refractivity contribution in [3.05, 3.63) is 113 Å². The maximum atomic E-state index is 14.9. The van der Waals surface area contributed by atoms with Gasteiger partial charge in [0.2, 0.25) is 0 Å².